The van der Waals surface area contributed by atoms with Crippen molar-refractivity contribution in [2.45, 2.75) is 43.5 Å². The van der Waals surface area contributed by atoms with E-state index in [-0.39, 0.29) is 6.04 Å². The highest BCUT2D eigenvalue weighted by Gasteiger charge is 2.41. The Morgan fingerprint density at radius 2 is 1.86 bits per heavy atom. The van der Waals surface area contributed by atoms with E-state index < -0.39 is 17.3 Å². The molecule has 35 heavy (non-hydrogen) atoms. The number of aliphatic hydroxyl groups is 1. The lowest BCUT2D eigenvalue weighted by Gasteiger charge is -2.35. The zero-order chi connectivity index (χ0) is 24.6. The van der Waals surface area contributed by atoms with Gasteiger partial charge in [0.25, 0.3) is 0 Å². The first-order valence-corrected chi connectivity index (χ1v) is 12.3. The summed E-state index contributed by atoms with van der Waals surface area (Å²) in [7, 11) is 0. The lowest BCUT2D eigenvalue weighted by molar-refractivity contribution is -0.137. The standard InChI is InChI=1S/C26H25F3N4OS/c27-26(28,29)20-6-2-16(3-7-20)12-21(30)15-32-24-33-23(25(34)9-1-10-25)22(35-24)18-4-5-19-14-31-11-8-17(19)13-18/h2-8,11,13-14,21,34H,1,9-10,12,15,30H2,(H,32,33)/t21-/m0/s1. The Kier molecular flexibility index (Phi) is 6.25. The summed E-state index contributed by atoms with van der Waals surface area (Å²) >= 11 is 1.47. The summed E-state index contributed by atoms with van der Waals surface area (Å²) in [5, 5.41) is 17.1. The number of aromatic nitrogens is 2. The zero-order valence-electron chi connectivity index (χ0n) is 18.8. The molecule has 0 amide bonds. The van der Waals surface area contributed by atoms with Gasteiger partial charge in [-0.15, -0.1) is 0 Å². The van der Waals surface area contributed by atoms with E-state index in [1.165, 1.54) is 23.5 Å². The SMILES string of the molecule is N[C@H](CNc1nc(C2(O)CCC2)c(-c2ccc3cnccc3c2)s1)Cc1ccc(C(F)(F)F)cc1. The van der Waals surface area contributed by atoms with Gasteiger partial charge < -0.3 is 16.2 Å². The fraction of sp³-hybridized carbons (Fsp3) is 0.308. The number of nitrogens with two attached hydrogens (primary N) is 1. The molecule has 2 aromatic heterocycles. The van der Waals surface area contributed by atoms with Crippen LogP contribution in [0.25, 0.3) is 21.2 Å². The number of benzene rings is 2. The number of thiazole rings is 1. The smallest absolute Gasteiger partial charge is 0.383 e. The number of hydrogen-bond donors (Lipinski definition) is 3. The van der Waals surface area contributed by atoms with Gasteiger partial charge in [-0.2, -0.15) is 13.2 Å². The zero-order valence-corrected chi connectivity index (χ0v) is 19.7. The summed E-state index contributed by atoms with van der Waals surface area (Å²) in [5.74, 6) is 0. The number of alkyl halides is 3. The van der Waals surface area contributed by atoms with Crippen molar-refractivity contribution in [1.29, 1.82) is 0 Å². The molecule has 1 fully saturated rings. The molecule has 1 aliphatic rings. The van der Waals surface area contributed by atoms with Gasteiger partial charge in [0.2, 0.25) is 0 Å². The average Bonchev–Trinajstić information content (AvgIpc) is 3.25. The van der Waals surface area contributed by atoms with Crippen LogP contribution in [0.4, 0.5) is 18.3 Å². The number of fused-ring (bicyclic) bond motifs is 1. The van der Waals surface area contributed by atoms with Crippen molar-refractivity contribution in [3.8, 4) is 10.4 Å². The Morgan fingerprint density at radius 1 is 1.09 bits per heavy atom. The van der Waals surface area contributed by atoms with Crippen molar-refractivity contribution in [3.63, 3.8) is 0 Å². The van der Waals surface area contributed by atoms with Crippen molar-refractivity contribution in [1.82, 2.24) is 9.97 Å². The molecule has 9 heteroatoms. The van der Waals surface area contributed by atoms with Crippen LogP contribution in [0.5, 0.6) is 0 Å². The van der Waals surface area contributed by atoms with Crippen LogP contribution in [0.2, 0.25) is 0 Å². The van der Waals surface area contributed by atoms with Gasteiger partial charge in [0.1, 0.15) is 5.60 Å². The number of nitrogens with one attached hydrogen (secondary N) is 1. The lowest BCUT2D eigenvalue weighted by atomic mass is 9.77. The van der Waals surface area contributed by atoms with Gasteiger partial charge in [-0.1, -0.05) is 35.6 Å². The topological polar surface area (TPSA) is 84.1 Å². The minimum absolute atomic E-state index is 0.317. The first-order chi connectivity index (χ1) is 16.7. The molecule has 5 nitrogen and oxygen atoms in total. The van der Waals surface area contributed by atoms with Crippen LogP contribution in [0, 0.1) is 0 Å². The normalized spacial score (nSPS) is 16.1. The Morgan fingerprint density at radius 3 is 2.54 bits per heavy atom. The molecule has 1 atom stereocenters. The number of nitrogens with zero attached hydrogens (tertiary/aromatic N) is 2. The fourth-order valence-electron chi connectivity index (χ4n) is 4.30. The lowest BCUT2D eigenvalue weighted by Crippen LogP contribution is -2.34. The quantitative estimate of drug-likeness (QED) is 0.303. The summed E-state index contributed by atoms with van der Waals surface area (Å²) in [6.07, 6.45) is 1.95. The first kappa shape index (κ1) is 23.7. The highest BCUT2D eigenvalue weighted by molar-refractivity contribution is 7.19. The second-order valence-electron chi connectivity index (χ2n) is 9.06. The van der Waals surface area contributed by atoms with Crippen LogP contribution >= 0.6 is 11.3 Å². The van der Waals surface area contributed by atoms with Gasteiger partial charge in [0.15, 0.2) is 5.13 Å². The molecule has 182 valence electrons. The maximum Gasteiger partial charge on any atom is 0.416 e. The van der Waals surface area contributed by atoms with Crippen LogP contribution in [0.3, 0.4) is 0 Å². The number of rotatable bonds is 7. The largest absolute Gasteiger partial charge is 0.416 e. The molecular weight excluding hydrogens is 473 g/mol. The predicted molar refractivity (Wildman–Crippen MR) is 132 cm³/mol. The molecule has 5 rings (SSSR count). The summed E-state index contributed by atoms with van der Waals surface area (Å²) in [5.41, 5.74) is 7.06. The number of hydrogen-bond acceptors (Lipinski definition) is 6. The maximum absolute atomic E-state index is 12.8. The Labute approximate surface area is 204 Å². The van der Waals surface area contributed by atoms with Gasteiger partial charge >= 0.3 is 6.18 Å². The van der Waals surface area contributed by atoms with Crippen LogP contribution in [-0.4, -0.2) is 27.7 Å². The van der Waals surface area contributed by atoms with Gasteiger partial charge in [-0.05, 0) is 66.5 Å². The van der Waals surface area contributed by atoms with E-state index in [2.05, 4.69) is 16.4 Å². The van der Waals surface area contributed by atoms with Crippen LogP contribution < -0.4 is 11.1 Å². The maximum atomic E-state index is 12.8. The van der Waals surface area contributed by atoms with Crippen LogP contribution in [0.15, 0.2) is 60.9 Å². The molecule has 0 saturated heterocycles. The summed E-state index contributed by atoms with van der Waals surface area (Å²) in [4.78, 5) is 9.83. The average molecular weight is 499 g/mol. The van der Waals surface area contributed by atoms with Crippen molar-refractivity contribution in [3.05, 3.63) is 77.7 Å². The summed E-state index contributed by atoms with van der Waals surface area (Å²) < 4.78 is 38.3. The van der Waals surface area contributed by atoms with E-state index in [1.807, 2.05) is 24.4 Å². The van der Waals surface area contributed by atoms with E-state index in [0.29, 0.717) is 36.6 Å². The summed E-state index contributed by atoms with van der Waals surface area (Å²) in [6.45, 7) is 0.398. The molecule has 0 spiro atoms. The second-order valence-corrected chi connectivity index (χ2v) is 10.1. The molecule has 0 aliphatic heterocycles. The van der Waals surface area contributed by atoms with Gasteiger partial charge in [-0.3, -0.25) is 4.98 Å². The fourth-order valence-corrected chi connectivity index (χ4v) is 5.37. The van der Waals surface area contributed by atoms with Crippen molar-refractivity contribution < 1.29 is 18.3 Å². The Bertz CT molecular complexity index is 1330. The van der Waals surface area contributed by atoms with E-state index in [0.717, 1.165) is 45.3 Å². The van der Waals surface area contributed by atoms with Gasteiger partial charge in [0.05, 0.1) is 16.1 Å². The third-order valence-corrected chi connectivity index (χ3v) is 7.51. The van der Waals surface area contributed by atoms with Crippen molar-refractivity contribution in [2.24, 2.45) is 5.73 Å². The predicted octanol–water partition coefficient (Wildman–Crippen LogP) is 5.73. The Balaban J connectivity index is 1.33. The van der Waals surface area contributed by atoms with Gasteiger partial charge in [-0.25, -0.2) is 4.98 Å². The number of anilines is 1. The van der Waals surface area contributed by atoms with Crippen LogP contribution in [0.1, 0.15) is 36.1 Å². The van der Waals surface area contributed by atoms with E-state index >= 15 is 0 Å². The molecule has 0 unspecified atom stereocenters. The third kappa shape index (κ3) is 5.03. The summed E-state index contributed by atoms with van der Waals surface area (Å²) in [6, 6.07) is 12.8. The molecule has 2 heterocycles. The minimum Gasteiger partial charge on any atom is -0.383 e. The molecule has 2 aromatic carbocycles. The second kappa shape index (κ2) is 9.22. The molecule has 4 aromatic rings. The first-order valence-electron chi connectivity index (χ1n) is 11.4. The van der Waals surface area contributed by atoms with E-state index in [9.17, 15) is 18.3 Å². The third-order valence-electron chi connectivity index (χ3n) is 6.45. The highest BCUT2D eigenvalue weighted by atomic mass is 32.1. The number of pyridine rings is 1. The monoisotopic (exact) mass is 498 g/mol. The Hall–Kier alpha value is -3.01. The highest BCUT2D eigenvalue weighted by Crippen LogP contribution is 2.47. The molecular formula is C26H25F3N4OS. The molecule has 0 bridgehead atoms. The van der Waals surface area contributed by atoms with E-state index in [4.69, 9.17) is 10.7 Å². The van der Waals surface area contributed by atoms with Crippen LogP contribution in [-0.2, 0) is 18.2 Å². The molecule has 0 radical (unpaired) electrons. The van der Waals surface area contributed by atoms with Crippen molar-refractivity contribution in [2.75, 3.05) is 11.9 Å². The minimum atomic E-state index is -4.35. The van der Waals surface area contributed by atoms with Gasteiger partial charge in [0, 0.05) is 30.4 Å². The molecule has 1 saturated carbocycles. The molecule has 1 aliphatic carbocycles. The number of halogens is 3. The van der Waals surface area contributed by atoms with E-state index in [1.54, 1.807) is 6.20 Å². The molecule has 4 N–H and O–H groups in total. The van der Waals surface area contributed by atoms with Crippen molar-refractivity contribution >= 4 is 27.2 Å².